The van der Waals surface area contributed by atoms with E-state index in [9.17, 15) is 19.2 Å². The lowest BCUT2D eigenvalue weighted by Crippen LogP contribution is -2.41. The molecule has 9 heteroatoms. The first-order chi connectivity index (χ1) is 14.8. The summed E-state index contributed by atoms with van der Waals surface area (Å²) in [5.41, 5.74) is 7.82. The number of hydrogen-bond donors (Lipinski definition) is 3. The quantitative estimate of drug-likeness (QED) is 0.581. The number of benzene rings is 2. The van der Waals surface area contributed by atoms with Gasteiger partial charge >= 0.3 is 6.03 Å². The predicted octanol–water partition coefficient (Wildman–Crippen LogP) is 2.84. The molecule has 2 aromatic rings. The van der Waals surface area contributed by atoms with Gasteiger partial charge in [0.05, 0.1) is 6.04 Å². The maximum absolute atomic E-state index is 12.9. The molecule has 2 aromatic carbocycles. The third-order valence-electron chi connectivity index (χ3n) is 5.14. The van der Waals surface area contributed by atoms with Gasteiger partial charge in [0.1, 0.15) is 0 Å². The molecule has 0 aromatic heterocycles. The van der Waals surface area contributed by atoms with Crippen molar-refractivity contribution in [3.8, 4) is 0 Å². The van der Waals surface area contributed by atoms with E-state index in [0.29, 0.717) is 16.3 Å². The number of anilines is 1. The minimum atomic E-state index is -0.721. The molecule has 3 rings (SSSR count). The number of fused-ring (bicyclic) bond motifs is 1. The van der Waals surface area contributed by atoms with Crippen molar-refractivity contribution in [1.29, 1.82) is 0 Å². The van der Waals surface area contributed by atoms with E-state index >= 15 is 0 Å². The zero-order valence-corrected chi connectivity index (χ0v) is 17.7. The first-order valence-electron chi connectivity index (χ1n) is 9.77. The number of carbonyl (C=O) groups excluding carboxylic acids is 4. The van der Waals surface area contributed by atoms with Gasteiger partial charge in [-0.25, -0.2) is 4.79 Å². The van der Waals surface area contributed by atoms with E-state index in [1.165, 1.54) is 11.8 Å². The lowest BCUT2D eigenvalue weighted by molar-refractivity contribution is -0.122. The van der Waals surface area contributed by atoms with Crippen LogP contribution in [-0.2, 0) is 22.7 Å². The van der Waals surface area contributed by atoms with E-state index in [1.807, 2.05) is 6.07 Å². The van der Waals surface area contributed by atoms with Crippen molar-refractivity contribution >= 4 is 40.9 Å². The van der Waals surface area contributed by atoms with Crippen molar-refractivity contribution in [2.24, 2.45) is 5.73 Å². The van der Waals surface area contributed by atoms with Gasteiger partial charge in [0, 0.05) is 35.8 Å². The summed E-state index contributed by atoms with van der Waals surface area (Å²) in [6.07, 6.45) is 0.200. The molecule has 0 saturated carbocycles. The maximum atomic E-state index is 12.9. The largest absolute Gasteiger partial charge is 0.370 e. The Labute approximate surface area is 184 Å². The molecular weight excluding hydrogens is 420 g/mol. The van der Waals surface area contributed by atoms with Crippen molar-refractivity contribution in [3.05, 3.63) is 64.2 Å². The second-order valence-corrected chi connectivity index (χ2v) is 7.76. The molecular formula is C22H23ClN4O4. The minimum absolute atomic E-state index is 0.0175. The van der Waals surface area contributed by atoms with Crippen molar-refractivity contribution in [2.75, 3.05) is 5.32 Å². The summed E-state index contributed by atoms with van der Waals surface area (Å²) in [4.78, 5) is 49.8. The summed E-state index contributed by atoms with van der Waals surface area (Å²) in [7, 11) is 0. The van der Waals surface area contributed by atoms with Gasteiger partial charge in [0.2, 0.25) is 5.91 Å². The van der Waals surface area contributed by atoms with Crippen molar-refractivity contribution < 1.29 is 19.2 Å². The van der Waals surface area contributed by atoms with E-state index in [4.69, 9.17) is 17.3 Å². The zero-order valence-electron chi connectivity index (χ0n) is 17.0. The van der Waals surface area contributed by atoms with Crippen LogP contribution in [0, 0.1) is 0 Å². The number of carbonyl (C=O) groups is 4. The van der Waals surface area contributed by atoms with E-state index in [-0.39, 0.29) is 37.6 Å². The molecule has 0 fully saturated rings. The van der Waals surface area contributed by atoms with Gasteiger partial charge in [-0.15, -0.1) is 0 Å². The van der Waals surface area contributed by atoms with Crippen LogP contribution in [0.1, 0.15) is 41.3 Å². The summed E-state index contributed by atoms with van der Waals surface area (Å²) < 4.78 is 0. The van der Waals surface area contributed by atoms with Crippen LogP contribution in [0.2, 0.25) is 5.02 Å². The Morgan fingerprint density at radius 2 is 1.87 bits per heavy atom. The van der Waals surface area contributed by atoms with Gasteiger partial charge in [-0.05, 0) is 54.8 Å². The highest BCUT2D eigenvalue weighted by atomic mass is 35.5. The van der Waals surface area contributed by atoms with Crippen LogP contribution in [-0.4, -0.2) is 34.6 Å². The Morgan fingerprint density at radius 1 is 1.16 bits per heavy atom. The van der Waals surface area contributed by atoms with Gasteiger partial charge in [-0.1, -0.05) is 23.7 Å². The number of nitrogens with zero attached hydrogens (tertiary/aromatic N) is 1. The first-order valence-corrected chi connectivity index (χ1v) is 10.1. The highest BCUT2D eigenvalue weighted by Crippen LogP contribution is 2.29. The number of Topliss-reactive ketones (excluding diaryl/α,β-unsaturated/α-hetero) is 1. The average Bonchev–Trinajstić information content (AvgIpc) is 3.05. The monoisotopic (exact) mass is 442 g/mol. The predicted molar refractivity (Wildman–Crippen MR) is 117 cm³/mol. The summed E-state index contributed by atoms with van der Waals surface area (Å²) in [5, 5.41) is 6.05. The third-order valence-corrected chi connectivity index (χ3v) is 5.40. The fourth-order valence-corrected chi connectivity index (χ4v) is 3.70. The minimum Gasteiger partial charge on any atom is -0.370 e. The Morgan fingerprint density at radius 3 is 2.52 bits per heavy atom. The fourth-order valence-electron chi connectivity index (χ4n) is 3.58. The van der Waals surface area contributed by atoms with Crippen LogP contribution in [0.25, 0.3) is 0 Å². The summed E-state index contributed by atoms with van der Waals surface area (Å²) in [6, 6.07) is 10.9. The van der Waals surface area contributed by atoms with Crippen LogP contribution in [0.15, 0.2) is 42.5 Å². The molecule has 1 atom stereocenters. The van der Waals surface area contributed by atoms with Crippen LogP contribution in [0.3, 0.4) is 0 Å². The Bertz CT molecular complexity index is 1020. The number of ketones is 1. The van der Waals surface area contributed by atoms with Gasteiger partial charge in [-0.2, -0.15) is 0 Å². The number of halogens is 1. The number of nitrogens with two attached hydrogens (primary N) is 1. The van der Waals surface area contributed by atoms with E-state index in [2.05, 4.69) is 10.6 Å². The van der Waals surface area contributed by atoms with E-state index in [1.54, 1.807) is 36.4 Å². The third kappa shape index (κ3) is 5.40. The molecule has 1 aliphatic heterocycles. The highest BCUT2D eigenvalue weighted by molar-refractivity contribution is 6.30. The summed E-state index contributed by atoms with van der Waals surface area (Å²) >= 11 is 5.84. The molecule has 4 N–H and O–H groups in total. The fraction of sp³-hybridized carbons (Fsp3) is 0.273. The normalized spacial score (nSPS) is 13.5. The molecule has 1 heterocycles. The number of amides is 4. The summed E-state index contributed by atoms with van der Waals surface area (Å²) in [6.45, 7) is 1.83. The molecule has 0 spiro atoms. The Kier molecular flexibility index (Phi) is 6.91. The lowest BCUT2D eigenvalue weighted by Gasteiger charge is -2.25. The Hall–Kier alpha value is -3.39. The molecule has 0 radical (unpaired) electrons. The van der Waals surface area contributed by atoms with Gasteiger partial charge < -0.3 is 21.3 Å². The van der Waals surface area contributed by atoms with Crippen LogP contribution >= 0.6 is 11.6 Å². The molecule has 1 unspecified atom stereocenters. The van der Waals surface area contributed by atoms with Gasteiger partial charge in [0.15, 0.2) is 5.78 Å². The summed E-state index contributed by atoms with van der Waals surface area (Å²) in [5.74, 6) is -0.997. The van der Waals surface area contributed by atoms with E-state index in [0.717, 1.165) is 11.1 Å². The van der Waals surface area contributed by atoms with E-state index < -0.39 is 18.0 Å². The number of urea groups is 1. The smallest absolute Gasteiger partial charge is 0.319 e. The second kappa shape index (κ2) is 9.61. The molecule has 1 aliphatic rings. The molecule has 8 nitrogen and oxygen atoms in total. The number of rotatable bonds is 8. The average molecular weight is 443 g/mol. The maximum Gasteiger partial charge on any atom is 0.319 e. The van der Waals surface area contributed by atoms with Gasteiger partial charge in [0.25, 0.3) is 5.91 Å². The SMILES string of the molecule is CC(=O)C(CCC(N)=O)N1Cc2c(CNC(=O)Nc3ccc(Cl)cc3)cccc2C1=O. The molecule has 0 bridgehead atoms. The van der Waals surface area contributed by atoms with Crippen LogP contribution in [0.5, 0.6) is 0 Å². The van der Waals surface area contributed by atoms with Crippen molar-refractivity contribution in [1.82, 2.24) is 10.2 Å². The number of nitrogens with one attached hydrogen (secondary N) is 2. The van der Waals surface area contributed by atoms with Crippen molar-refractivity contribution in [3.63, 3.8) is 0 Å². The second-order valence-electron chi connectivity index (χ2n) is 7.32. The number of hydrogen-bond acceptors (Lipinski definition) is 4. The molecule has 0 aliphatic carbocycles. The van der Waals surface area contributed by atoms with Gasteiger partial charge in [-0.3, -0.25) is 14.4 Å². The Balaban J connectivity index is 1.69. The van der Waals surface area contributed by atoms with Crippen molar-refractivity contribution in [2.45, 2.75) is 38.9 Å². The van der Waals surface area contributed by atoms with Crippen LogP contribution in [0.4, 0.5) is 10.5 Å². The lowest BCUT2D eigenvalue weighted by atomic mass is 10.0. The first kappa shape index (κ1) is 22.3. The molecule has 162 valence electrons. The molecule has 0 saturated heterocycles. The topological polar surface area (TPSA) is 122 Å². The number of primary amides is 1. The standard InChI is InChI=1S/C22H23ClN4O4/c1-13(28)19(9-10-20(24)29)27-12-18-14(3-2-4-17(18)21(27)30)11-25-22(31)26-16-7-5-15(23)6-8-16/h2-8,19H,9-12H2,1H3,(H2,24,29)(H2,25,26,31). The zero-order chi connectivity index (χ0) is 22.5. The molecule has 31 heavy (non-hydrogen) atoms. The van der Waals surface area contributed by atoms with Crippen LogP contribution < -0.4 is 16.4 Å². The highest BCUT2D eigenvalue weighted by Gasteiger charge is 2.35. The molecule has 4 amide bonds.